The molecule has 34 heavy (non-hydrogen) atoms. The van der Waals surface area contributed by atoms with E-state index in [9.17, 15) is 19.1 Å². The van der Waals surface area contributed by atoms with Gasteiger partial charge in [-0.2, -0.15) is 5.10 Å². The fourth-order valence-corrected chi connectivity index (χ4v) is 4.47. The average Bonchev–Trinajstić information content (AvgIpc) is 3.20. The third-order valence-electron chi connectivity index (χ3n) is 6.47. The van der Waals surface area contributed by atoms with Crippen LogP contribution in [-0.4, -0.2) is 32.1 Å². The number of aromatic nitrogens is 3. The highest BCUT2D eigenvalue weighted by Crippen LogP contribution is 2.35. The lowest BCUT2D eigenvalue weighted by atomic mass is 9.87. The van der Waals surface area contributed by atoms with Crippen LogP contribution in [-0.2, 0) is 16.1 Å². The lowest BCUT2D eigenvalue weighted by Crippen LogP contribution is -2.22. The van der Waals surface area contributed by atoms with Gasteiger partial charge in [0.2, 0.25) is 0 Å². The Labute approximate surface area is 198 Å². The summed E-state index contributed by atoms with van der Waals surface area (Å²) < 4.78 is 16.3. The van der Waals surface area contributed by atoms with Crippen molar-refractivity contribution in [3.8, 4) is 0 Å². The summed E-state index contributed by atoms with van der Waals surface area (Å²) in [6.45, 7) is 6.07. The van der Waals surface area contributed by atoms with E-state index in [0.717, 1.165) is 37.4 Å². The second-order valence-electron chi connectivity index (χ2n) is 10.2. The fourth-order valence-electron chi connectivity index (χ4n) is 4.47. The molecule has 2 N–H and O–H groups in total. The van der Waals surface area contributed by atoms with Crippen molar-refractivity contribution in [3.05, 3.63) is 53.5 Å². The van der Waals surface area contributed by atoms with Crippen LogP contribution in [0.3, 0.4) is 0 Å². The van der Waals surface area contributed by atoms with Crippen molar-refractivity contribution in [1.29, 1.82) is 0 Å². The SMILES string of the molecule is CC(C)(O)c1cc2nn([C@H]3CC[C@H](C=O)CC3)cc2cc1NC(=O)c1cccc(C(C)(C)F)n1. The Morgan fingerprint density at radius 3 is 2.50 bits per heavy atom. The van der Waals surface area contributed by atoms with Crippen LogP contribution < -0.4 is 5.32 Å². The largest absolute Gasteiger partial charge is 0.386 e. The zero-order chi connectivity index (χ0) is 24.7. The van der Waals surface area contributed by atoms with Gasteiger partial charge in [0, 0.05) is 28.8 Å². The van der Waals surface area contributed by atoms with Gasteiger partial charge in [-0.3, -0.25) is 9.48 Å². The van der Waals surface area contributed by atoms with Crippen molar-refractivity contribution >= 4 is 28.8 Å². The number of hydrogen-bond donors (Lipinski definition) is 2. The van der Waals surface area contributed by atoms with E-state index in [0.29, 0.717) is 16.8 Å². The van der Waals surface area contributed by atoms with Gasteiger partial charge in [0.05, 0.1) is 22.9 Å². The number of aliphatic hydroxyl groups is 1. The molecule has 2 heterocycles. The number of halogens is 1. The molecule has 4 rings (SSSR count). The van der Waals surface area contributed by atoms with E-state index >= 15 is 0 Å². The number of nitrogens with zero attached hydrogens (tertiary/aromatic N) is 3. The molecule has 0 saturated heterocycles. The molecule has 1 saturated carbocycles. The van der Waals surface area contributed by atoms with Gasteiger partial charge in [-0.15, -0.1) is 0 Å². The van der Waals surface area contributed by atoms with E-state index < -0.39 is 17.2 Å². The van der Waals surface area contributed by atoms with Crippen LogP contribution in [0.2, 0.25) is 0 Å². The predicted octanol–water partition coefficient (Wildman–Crippen LogP) is 5.05. The van der Waals surface area contributed by atoms with Crippen LogP contribution >= 0.6 is 0 Å². The highest BCUT2D eigenvalue weighted by molar-refractivity contribution is 6.04. The maximum absolute atomic E-state index is 14.3. The molecule has 1 aromatic carbocycles. The Kier molecular flexibility index (Phi) is 6.29. The molecule has 1 amide bonds. The molecule has 3 aromatic rings. The lowest BCUT2D eigenvalue weighted by molar-refractivity contribution is -0.112. The van der Waals surface area contributed by atoms with E-state index in [1.807, 2.05) is 10.9 Å². The molecule has 0 radical (unpaired) electrons. The van der Waals surface area contributed by atoms with Crippen LogP contribution in [0.25, 0.3) is 10.9 Å². The van der Waals surface area contributed by atoms with Gasteiger partial charge in [-0.05, 0) is 77.6 Å². The molecule has 0 bridgehead atoms. The standard InChI is InChI=1S/C26H31FN4O3/c1-25(2,27)23-7-5-6-20(28-23)24(33)29-22-12-17-14-31(18-10-8-16(15-32)9-11-18)30-21(17)13-19(22)26(3,4)34/h5-7,12-16,18,34H,8-11H2,1-4H3,(H,29,33)/t16-,18-. The maximum atomic E-state index is 14.3. The molecule has 0 unspecified atom stereocenters. The van der Waals surface area contributed by atoms with Gasteiger partial charge < -0.3 is 15.2 Å². The van der Waals surface area contributed by atoms with Crippen molar-refractivity contribution < 1.29 is 19.1 Å². The molecule has 8 heteroatoms. The van der Waals surface area contributed by atoms with Gasteiger partial charge in [0.25, 0.3) is 5.91 Å². The summed E-state index contributed by atoms with van der Waals surface area (Å²) in [5.41, 5.74) is -0.972. The van der Waals surface area contributed by atoms with Crippen molar-refractivity contribution in [2.24, 2.45) is 5.92 Å². The molecule has 1 aliphatic carbocycles. The molecule has 7 nitrogen and oxygen atoms in total. The zero-order valence-corrected chi connectivity index (χ0v) is 20.0. The van der Waals surface area contributed by atoms with E-state index in [1.165, 1.54) is 19.9 Å². The summed E-state index contributed by atoms with van der Waals surface area (Å²) in [6, 6.07) is 8.46. The summed E-state index contributed by atoms with van der Waals surface area (Å²) in [7, 11) is 0. The number of benzene rings is 1. The number of pyridine rings is 1. The first-order valence-corrected chi connectivity index (χ1v) is 11.6. The van der Waals surface area contributed by atoms with Crippen LogP contribution in [0.15, 0.2) is 36.5 Å². The van der Waals surface area contributed by atoms with Gasteiger partial charge in [-0.1, -0.05) is 6.07 Å². The van der Waals surface area contributed by atoms with E-state index in [4.69, 9.17) is 5.10 Å². The number of carbonyl (C=O) groups is 2. The van der Waals surface area contributed by atoms with Crippen LogP contribution in [0.1, 0.15) is 81.2 Å². The Morgan fingerprint density at radius 2 is 1.88 bits per heavy atom. The topological polar surface area (TPSA) is 97.1 Å². The van der Waals surface area contributed by atoms with E-state index in [-0.39, 0.29) is 23.3 Å². The minimum atomic E-state index is -1.67. The Morgan fingerprint density at radius 1 is 1.18 bits per heavy atom. The molecular formula is C26H31FN4O3. The fraction of sp³-hybridized carbons (Fsp3) is 0.462. The van der Waals surface area contributed by atoms with Gasteiger partial charge in [-0.25, -0.2) is 9.37 Å². The van der Waals surface area contributed by atoms with Gasteiger partial charge in [0.15, 0.2) is 0 Å². The highest BCUT2D eigenvalue weighted by Gasteiger charge is 2.27. The molecule has 1 fully saturated rings. The maximum Gasteiger partial charge on any atom is 0.274 e. The number of carbonyl (C=O) groups excluding carboxylic acids is 2. The molecule has 0 atom stereocenters. The second-order valence-corrected chi connectivity index (χ2v) is 10.2. The minimum absolute atomic E-state index is 0.0904. The molecule has 0 aliphatic heterocycles. The van der Waals surface area contributed by atoms with Crippen LogP contribution in [0.5, 0.6) is 0 Å². The number of hydrogen-bond acceptors (Lipinski definition) is 5. The summed E-state index contributed by atoms with van der Waals surface area (Å²) in [5.74, 6) is -0.365. The summed E-state index contributed by atoms with van der Waals surface area (Å²) in [6.07, 6.45) is 6.44. The third-order valence-corrected chi connectivity index (χ3v) is 6.47. The zero-order valence-electron chi connectivity index (χ0n) is 20.0. The number of nitrogens with one attached hydrogen (secondary N) is 1. The highest BCUT2D eigenvalue weighted by atomic mass is 19.1. The van der Waals surface area contributed by atoms with E-state index in [1.54, 1.807) is 38.1 Å². The molecule has 2 aromatic heterocycles. The predicted molar refractivity (Wildman–Crippen MR) is 128 cm³/mol. The molecular weight excluding hydrogens is 435 g/mol. The summed E-state index contributed by atoms with van der Waals surface area (Å²) in [5, 5.41) is 19.2. The minimum Gasteiger partial charge on any atom is -0.386 e. The summed E-state index contributed by atoms with van der Waals surface area (Å²) >= 11 is 0. The van der Waals surface area contributed by atoms with Crippen molar-refractivity contribution in [2.75, 3.05) is 5.32 Å². The quantitative estimate of drug-likeness (QED) is 0.496. The number of rotatable bonds is 6. The molecule has 0 spiro atoms. The normalized spacial score (nSPS) is 19.2. The van der Waals surface area contributed by atoms with Crippen molar-refractivity contribution in [1.82, 2.24) is 14.8 Å². The van der Waals surface area contributed by atoms with Gasteiger partial charge >= 0.3 is 0 Å². The van der Waals surface area contributed by atoms with Crippen LogP contribution in [0, 0.1) is 5.92 Å². The Hall–Kier alpha value is -3.13. The first kappa shape index (κ1) is 24.0. The number of alkyl halides is 1. The lowest BCUT2D eigenvalue weighted by Gasteiger charge is -2.25. The van der Waals surface area contributed by atoms with Crippen LogP contribution in [0.4, 0.5) is 10.1 Å². The number of amides is 1. The monoisotopic (exact) mass is 466 g/mol. The van der Waals surface area contributed by atoms with E-state index in [2.05, 4.69) is 10.3 Å². The molecule has 1 aliphatic rings. The Bertz CT molecular complexity index is 1210. The van der Waals surface area contributed by atoms with Gasteiger partial charge in [0.1, 0.15) is 17.6 Å². The number of anilines is 1. The first-order valence-electron chi connectivity index (χ1n) is 11.6. The second kappa shape index (κ2) is 8.91. The summed E-state index contributed by atoms with van der Waals surface area (Å²) in [4.78, 5) is 28.2. The number of aldehydes is 1. The smallest absolute Gasteiger partial charge is 0.274 e. The molecule has 180 valence electrons. The number of fused-ring (bicyclic) bond motifs is 1. The van der Waals surface area contributed by atoms with Crippen molar-refractivity contribution in [2.45, 2.75) is 70.7 Å². The Balaban J connectivity index is 1.66. The average molecular weight is 467 g/mol. The van der Waals surface area contributed by atoms with Crippen molar-refractivity contribution in [3.63, 3.8) is 0 Å². The first-order chi connectivity index (χ1) is 16.0. The third kappa shape index (κ3) is 5.01.